The van der Waals surface area contributed by atoms with Crippen LogP contribution < -0.4 is 15.4 Å². The van der Waals surface area contributed by atoms with Gasteiger partial charge in [0.1, 0.15) is 11.5 Å². The second-order valence-corrected chi connectivity index (χ2v) is 6.88. The first-order chi connectivity index (χ1) is 14.5. The zero-order valence-corrected chi connectivity index (χ0v) is 17.3. The molecule has 0 saturated heterocycles. The van der Waals surface area contributed by atoms with E-state index in [0.29, 0.717) is 42.3 Å². The molecular weight excluding hydrogens is 382 g/mol. The Morgan fingerprint density at radius 2 is 1.87 bits per heavy atom. The number of oxazole rings is 1. The molecule has 2 amide bonds. The molecule has 3 rings (SSSR count). The topological polar surface area (TPSA) is 93.5 Å². The number of amides is 2. The van der Waals surface area contributed by atoms with Crippen LogP contribution in [-0.4, -0.2) is 30.5 Å². The first kappa shape index (κ1) is 21.1. The van der Waals surface area contributed by atoms with Crippen LogP contribution in [0.5, 0.6) is 5.75 Å². The number of hydrogen-bond acceptors (Lipinski definition) is 5. The number of aromatic nitrogens is 1. The summed E-state index contributed by atoms with van der Waals surface area (Å²) in [6.07, 6.45) is 0.829. The summed E-state index contributed by atoms with van der Waals surface area (Å²) in [5.74, 6) is 1.70. The number of methoxy groups -OCH3 is 1. The van der Waals surface area contributed by atoms with Crippen LogP contribution in [0.15, 0.2) is 52.9 Å². The second-order valence-electron chi connectivity index (χ2n) is 6.88. The lowest BCUT2D eigenvalue weighted by molar-refractivity contribution is -0.116. The van der Waals surface area contributed by atoms with E-state index in [1.165, 1.54) is 0 Å². The predicted octanol–water partition coefficient (Wildman–Crippen LogP) is 4.12. The third-order valence-corrected chi connectivity index (χ3v) is 4.64. The van der Waals surface area contributed by atoms with E-state index in [4.69, 9.17) is 9.15 Å². The van der Waals surface area contributed by atoms with Gasteiger partial charge < -0.3 is 19.8 Å². The molecule has 0 saturated carbocycles. The molecule has 0 radical (unpaired) electrons. The van der Waals surface area contributed by atoms with Crippen LogP contribution in [0.1, 0.15) is 34.7 Å². The van der Waals surface area contributed by atoms with Crippen molar-refractivity contribution < 1.29 is 18.7 Å². The number of anilines is 1. The molecule has 1 aromatic heterocycles. The van der Waals surface area contributed by atoms with Crippen LogP contribution in [0.2, 0.25) is 0 Å². The molecule has 30 heavy (non-hydrogen) atoms. The SMILES string of the molecule is COc1ccc(C(=O)NCCCC(=O)Nc2cccc(-c3nc(C)c(C)o3)c2)cc1. The third kappa shape index (κ3) is 5.47. The molecule has 0 aliphatic carbocycles. The Labute approximate surface area is 175 Å². The minimum Gasteiger partial charge on any atom is -0.497 e. The molecule has 1 heterocycles. The Bertz CT molecular complexity index is 1010. The van der Waals surface area contributed by atoms with E-state index in [9.17, 15) is 9.59 Å². The van der Waals surface area contributed by atoms with Crippen molar-refractivity contribution >= 4 is 17.5 Å². The molecule has 0 spiro atoms. The maximum atomic E-state index is 12.2. The van der Waals surface area contributed by atoms with Gasteiger partial charge in [0.25, 0.3) is 5.91 Å². The van der Waals surface area contributed by atoms with Gasteiger partial charge in [0.15, 0.2) is 0 Å². The molecule has 2 aromatic carbocycles. The fraction of sp³-hybridized carbons (Fsp3) is 0.261. The number of hydrogen-bond donors (Lipinski definition) is 2. The molecule has 156 valence electrons. The Morgan fingerprint density at radius 1 is 1.10 bits per heavy atom. The van der Waals surface area contributed by atoms with Crippen molar-refractivity contribution in [3.05, 3.63) is 65.5 Å². The van der Waals surface area contributed by atoms with Gasteiger partial charge in [-0.3, -0.25) is 9.59 Å². The van der Waals surface area contributed by atoms with Crippen molar-refractivity contribution in [3.8, 4) is 17.2 Å². The molecule has 7 nitrogen and oxygen atoms in total. The smallest absolute Gasteiger partial charge is 0.251 e. The van der Waals surface area contributed by atoms with Gasteiger partial charge in [0.05, 0.1) is 12.8 Å². The first-order valence-electron chi connectivity index (χ1n) is 9.73. The average Bonchev–Trinajstić information content (AvgIpc) is 3.10. The van der Waals surface area contributed by atoms with Gasteiger partial charge in [-0.15, -0.1) is 0 Å². The van der Waals surface area contributed by atoms with Crippen molar-refractivity contribution in [1.29, 1.82) is 0 Å². The maximum Gasteiger partial charge on any atom is 0.251 e. The normalized spacial score (nSPS) is 10.5. The van der Waals surface area contributed by atoms with Gasteiger partial charge >= 0.3 is 0 Å². The standard InChI is InChI=1S/C23H25N3O4/c1-15-16(2)30-23(25-15)18-6-4-7-19(14-18)26-21(27)8-5-13-24-22(28)17-9-11-20(29-3)12-10-17/h4,6-7,9-12,14H,5,8,13H2,1-3H3,(H,24,28)(H,26,27). The minimum atomic E-state index is -0.178. The van der Waals surface area contributed by atoms with E-state index in [2.05, 4.69) is 15.6 Å². The molecule has 0 aliphatic heterocycles. The van der Waals surface area contributed by atoms with E-state index in [1.54, 1.807) is 31.4 Å². The predicted molar refractivity (Wildman–Crippen MR) is 115 cm³/mol. The lowest BCUT2D eigenvalue weighted by atomic mass is 10.2. The molecule has 0 bridgehead atoms. The number of benzene rings is 2. The fourth-order valence-corrected chi connectivity index (χ4v) is 2.84. The van der Waals surface area contributed by atoms with Gasteiger partial charge in [-0.1, -0.05) is 6.07 Å². The molecular formula is C23H25N3O4. The van der Waals surface area contributed by atoms with Crippen molar-refractivity contribution in [2.45, 2.75) is 26.7 Å². The Kier molecular flexibility index (Phi) is 6.85. The Morgan fingerprint density at radius 3 is 2.53 bits per heavy atom. The van der Waals surface area contributed by atoms with Crippen molar-refractivity contribution in [2.24, 2.45) is 0 Å². The van der Waals surface area contributed by atoms with E-state index < -0.39 is 0 Å². The summed E-state index contributed by atoms with van der Waals surface area (Å²) in [4.78, 5) is 28.7. The Balaban J connectivity index is 1.45. The largest absolute Gasteiger partial charge is 0.497 e. The number of rotatable bonds is 8. The first-order valence-corrected chi connectivity index (χ1v) is 9.73. The minimum absolute atomic E-state index is 0.120. The van der Waals surface area contributed by atoms with Crippen molar-refractivity contribution in [1.82, 2.24) is 10.3 Å². The lowest BCUT2D eigenvalue weighted by Crippen LogP contribution is -2.25. The third-order valence-electron chi connectivity index (χ3n) is 4.64. The van der Waals surface area contributed by atoms with Crippen LogP contribution in [0, 0.1) is 13.8 Å². The molecule has 0 atom stereocenters. The lowest BCUT2D eigenvalue weighted by Gasteiger charge is -2.08. The van der Waals surface area contributed by atoms with E-state index >= 15 is 0 Å². The number of nitrogens with zero attached hydrogens (tertiary/aromatic N) is 1. The van der Waals surface area contributed by atoms with Gasteiger partial charge in [0.2, 0.25) is 11.8 Å². The van der Waals surface area contributed by atoms with Crippen LogP contribution in [0.25, 0.3) is 11.5 Å². The molecule has 3 aromatic rings. The van der Waals surface area contributed by atoms with E-state index in [-0.39, 0.29) is 11.8 Å². The van der Waals surface area contributed by atoms with Gasteiger partial charge in [-0.25, -0.2) is 4.98 Å². The highest BCUT2D eigenvalue weighted by Crippen LogP contribution is 2.24. The number of carbonyl (C=O) groups excluding carboxylic acids is 2. The van der Waals surface area contributed by atoms with E-state index in [1.807, 2.05) is 38.1 Å². The summed E-state index contributed by atoms with van der Waals surface area (Å²) in [6, 6.07) is 14.2. The second kappa shape index (κ2) is 9.73. The number of carbonyl (C=O) groups is 2. The van der Waals surface area contributed by atoms with Gasteiger partial charge in [-0.05, 0) is 62.7 Å². The zero-order chi connectivity index (χ0) is 21.5. The molecule has 2 N–H and O–H groups in total. The summed E-state index contributed by atoms with van der Waals surface area (Å²) in [5, 5.41) is 5.68. The average molecular weight is 407 g/mol. The van der Waals surface area contributed by atoms with Crippen LogP contribution in [0.4, 0.5) is 5.69 Å². The number of nitrogens with one attached hydrogen (secondary N) is 2. The summed E-state index contributed by atoms with van der Waals surface area (Å²) >= 11 is 0. The van der Waals surface area contributed by atoms with E-state index in [0.717, 1.165) is 17.0 Å². The van der Waals surface area contributed by atoms with Gasteiger partial charge in [0, 0.05) is 29.8 Å². The highest BCUT2D eigenvalue weighted by Gasteiger charge is 2.10. The summed E-state index contributed by atoms with van der Waals surface area (Å²) < 4.78 is 10.7. The maximum absolute atomic E-state index is 12.2. The van der Waals surface area contributed by atoms with Crippen LogP contribution in [-0.2, 0) is 4.79 Å². The fourth-order valence-electron chi connectivity index (χ4n) is 2.84. The highest BCUT2D eigenvalue weighted by molar-refractivity contribution is 5.94. The molecule has 0 aliphatic rings. The monoisotopic (exact) mass is 407 g/mol. The Hall–Kier alpha value is -3.61. The summed E-state index contributed by atoms with van der Waals surface area (Å²) in [6.45, 7) is 4.17. The molecule has 7 heteroatoms. The summed E-state index contributed by atoms with van der Waals surface area (Å²) in [5.41, 5.74) is 2.87. The van der Waals surface area contributed by atoms with Gasteiger partial charge in [-0.2, -0.15) is 0 Å². The molecule has 0 fully saturated rings. The van der Waals surface area contributed by atoms with Crippen LogP contribution >= 0.6 is 0 Å². The zero-order valence-electron chi connectivity index (χ0n) is 17.3. The number of ether oxygens (including phenoxy) is 1. The highest BCUT2D eigenvalue weighted by atomic mass is 16.5. The quantitative estimate of drug-likeness (QED) is 0.548. The molecule has 0 unspecified atom stereocenters. The summed E-state index contributed by atoms with van der Waals surface area (Å²) in [7, 11) is 1.58. The van der Waals surface area contributed by atoms with Crippen molar-refractivity contribution in [2.75, 3.05) is 19.0 Å². The number of aryl methyl sites for hydroxylation is 2. The van der Waals surface area contributed by atoms with Crippen LogP contribution in [0.3, 0.4) is 0 Å². The van der Waals surface area contributed by atoms with Crippen molar-refractivity contribution in [3.63, 3.8) is 0 Å².